The lowest BCUT2D eigenvalue weighted by atomic mass is 9.88. The summed E-state index contributed by atoms with van der Waals surface area (Å²) in [5, 5.41) is 0. The van der Waals surface area contributed by atoms with Crippen LogP contribution in [0.25, 0.3) is 0 Å². The lowest BCUT2D eigenvalue weighted by Gasteiger charge is -2.18. The molecule has 100 valence electrons. The van der Waals surface area contributed by atoms with Crippen molar-refractivity contribution in [1.29, 1.82) is 0 Å². The summed E-state index contributed by atoms with van der Waals surface area (Å²) in [7, 11) is 2.05. The Morgan fingerprint density at radius 3 is 1.90 bits per heavy atom. The van der Waals surface area contributed by atoms with Crippen molar-refractivity contribution in [3.8, 4) is 0 Å². The molecule has 0 bridgehead atoms. The number of aromatic nitrogens is 2. The molecule has 0 unspecified atom stereocenters. The first-order valence-electron chi connectivity index (χ1n) is 6.90. The molecule has 3 rings (SSSR count). The van der Waals surface area contributed by atoms with Crippen LogP contribution in [0.3, 0.4) is 0 Å². The van der Waals surface area contributed by atoms with Crippen molar-refractivity contribution in [3.05, 3.63) is 90.0 Å². The number of imidazole rings is 1. The van der Waals surface area contributed by atoms with Crippen LogP contribution in [0.5, 0.6) is 0 Å². The maximum Gasteiger partial charge on any atom is 0.109 e. The molecule has 0 aliphatic heterocycles. The van der Waals surface area contributed by atoms with Crippen LogP contribution >= 0.6 is 0 Å². The van der Waals surface area contributed by atoms with Gasteiger partial charge >= 0.3 is 0 Å². The normalized spacial score (nSPS) is 10.9. The number of nitrogens with zero attached hydrogens (tertiary/aromatic N) is 2. The van der Waals surface area contributed by atoms with Crippen LogP contribution in [-0.4, -0.2) is 9.55 Å². The van der Waals surface area contributed by atoms with Gasteiger partial charge in [0.2, 0.25) is 0 Å². The molecule has 0 aliphatic carbocycles. The summed E-state index contributed by atoms with van der Waals surface area (Å²) >= 11 is 0. The number of hydrogen-bond acceptors (Lipinski definition) is 1. The van der Waals surface area contributed by atoms with Gasteiger partial charge in [-0.2, -0.15) is 0 Å². The molecule has 3 aromatic rings. The van der Waals surface area contributed by atoms with E-state index in [9.17, 15) is 0 Å². The first-order valence-corrected chi connectivity index (χ1v) is 6.90. The minimum atomic E-state index is 0.346. The Hall–Kier alpha value is -2.35. The van der Waals surface area contributed by atoms with E-state index in [0.717, 1.165) is 12.2 Å². The van der Waals surface area contributed by atoms with Crippen molar-refractivity contribution < 1.29 is 0 Å². The van der Waals surface area contributed by atoms with Gasteiger partial charge in [0.25, 0.3) is 0 Å². The lowest BCUT2D eigenvalue weighted by Crippen LogP contribution is -2.08. The predicted octanol–water partition coefficient (Wildman–Crippen LogP) is 3.79. The number of aryl methyl sites for hydroxylation is 1. The standard InChI is InChI=1S/C18H18N2/c1-20-13-12-19-18(20)14-17(15-8-4-2-5-9-15)16-10-6-3-7-11-16/h2-13,17H,14H2,1H3. The molecule has 20 heavy (non-hydrogen) atoms. The molecule has 2 heteroatoms. The SMILES string of the molecule is Cn1ccnc1CC(c1ccccc1)c1ccccc1. The summed E-state index contributed by atoms with van der Waals surface area (Å²) in [6.45, 7) is 0. The largest absolute Gasteiger partial charge is 0.338 e. The Kier molecular flexibility index (Phi) is 3.64. The van der Waals surface area contributed by atoms with Crippen molar-refractivity contribution in [3.63, 3.8) is 0 Å². The topological polar surface area (TPSA) is 17.8 Å². The van der Waals surface area contributed by atoms with E-state index in [2.05, 4.69) is 77.3 Å². The molecule has 0 radical (unpaired) electrons. The molecule has 1 aromatic heterocycles. The fourth-order valence-electron chi connectivity index (χ4n) is 2.57. The molecule has 0 aliphatic rings. The van der Waals surface area contributed by atoms with Gasteiger partial charge in [0.05, 0.1) is 0 Å². The van der Waals surface area contributed by atoms with Gasteiger partial charge in [0.15, 0.2) is 0 Å². The summed E-state index contributed by atoms with van der Waals surface area (Å²) in [5.41, 5.74) is 2.67. The fourth-order valence-corrected chi connectivity index (χ4v) is 2.57. The lowest BCUT2D eigenvalue weighted by molar-refractivity contribution is 0.710. The molecular weight excluding hydrogens is 244 g/mol. The Labute approximate surface area is 119 Å². The van der Waals surface area contributed by atoms with Gasteiger partial charge in [0.1, 0.15) is 5.82 Å². The van der Waals surface area contributed by atoms with E-state index in [0.29, 0.717) is 5.92 Å². The average Bonchev–Trinajstić information content (AvgIpc) is 2.92. The van der Waals surface area contributed by atoms with Gasteiger partial charge in [-0.1, -0.05) is 60.7 Å². The van der Waals surface area contributed by atoms with E-state index in [1.165, 1.54) is 11.1 Å². The maximum atomic E-state index is 4.47. The zero-order valence-electron chi connectivity index (χ0n) is 11.6. The Balaban J connectivity index is 1.98. The molecule has 0 fully saturated rings. The molecule has 0 atom stereocenters. The van der Waals surface area contributed by atoms with Crippen LogP contribution in [0.15, 0.2) is 73.1 Å². The van der Waals surface area contributed by atoms with E-state index in [-0.39, 0.29) is 0 Å². The summed E-state index contributed by atoms with van der Waals surface area (Å²) in [5.74, 6) is 1.46. The number of hydrogen-bond donors (Lipinski definition) is 0. The Bertz CT molecular complexity index is 617. The third-order valence-electron chi connectivity index (χ3n) is 3.71. The first kappa shape index (κ1) is 12.7. The van der Waals surface area contributed by atoms with Crippen LogP contribution in [0.1, 0.15) is 22.9 Å². The molecule has 0 saturated carbocycles. The third kappa shape index (κ3) is 2.64. The summed E-state index contributed by atoms with van der Waals surface area (Å²) in [6, 6.07) is 21.3. The van der Waals surface area contributed by atoms with E-state index in [4.69, 9.17) is 0 Å². The van der Waals surface area contributed by atoms with Crippen LogP contribution in [0.2, 0.25) is 0 Å². The molecule has 0 amide bonds. The highest BCUT2D eigenvalue weighted by Gasteiger charge is 2.16. The van der Waals surface area contributed by atoms with Crippen LogP contribution in [-0.2, 0) is 13.5 Å². The fraction of sp³-hybridized carbons (Fsp3) is 0.167. The molecule has 0 saturated heterocycles. The van der Waals surface area contributed by atoms with E-state index in [1.54, 1.807) is 0 Å². The van der Waals surface area contributed by atoms with E-state index >= 15 is 0 Å². The second-order valence-electron chi connectivity index (χ2n) is 5.03. The van der Waals surface area contributed by atoms with Crippen molar-refractivity contribution in [2.45, 2.75) is 12.3 Å². The first-order chi connectivity index (χ1) is 9.84. The van der Waals surface area contributed by atoms with Gasteiger partial charge < -0.3 is 4.57 Å². The Morgan fingerprint density at radius 1 is 0.900 bits per heavy atom. The minimum absolute atomic E-state index is 0.346. The van der Waals surface area contributed by atoms with E-state index in [1.807, 2.05) is 12.4 Å². The molecule has 2 aromatic carbocycles. The summed E-state index contributed by atoms with van der Waals surface area (Å²) in [4.78, 5) is 4.47. The van der Waals surface area contributed by atoms with Crippen LogP contribution in [0.4, 0.5) is 0 Å². The van der Waals surface area contributed by atoms with Gasteiger partial charge in [-0.05, 0) is 11.1 Å². The monoisotopic (exact) mass is 262 g/mol. The molecule has 0 N–H and O–H groups in total. The summed E-state index contributed by atoms with van der Waals surface area (Å²) < 4.78 is 2.10. The highest BCUT2D eigenvalue weighted by Crippen LogP contribution is 2.27. The smallest absolute Gasteiger partial charge is 0.109 e. The van der Waals surface area contributed by atoms with Crippen molar-refractivity contribution >= 4 is 0 Å². The molecule has 2 nitrogen and oxygen atoms in total. The zero-order valence-corrected chi connectivity index (χ0v) is 11.6. The van der Waals surface area contributed by atoms with Crippen molar-refractivity contribution in [2.75, 3.05) is 0 Å². The quantitative estimate of drug-likeness (QED) is 0.699. The van der Waals surface area contributed by atoms with Gasteiger partial charge in [-0.25, -0.2) is 4.98 Å². The second kappa shape index (κ2) is 5.74. The predicted molar refractivity (Wildman–Crippen MR) is 81.6 cm³/mol. The minimum Gasteiger partial charge on any atom is -0.338 e. The van der Waals surface area contributed by atoms with Gasteiger partial charge in [-0.15, -0.1) is 0 Å². The van der Waals surface area contributed by atoms with Crippen molar-refractivity contribution in [1.82, 2.24) is 9.55 Å². The zero-order chi connectivity index (χ0) is 13.8. The third-order valence-corrected chi connectivity index (χ3v) is 3.71. The van der Waals surface area contributed by atoms with E-state index < -0.39 is 0 Å². The molecular formula is C18H18N2. The average molecular weight is 262 g/mol. The summed E-state index contributed by atoms with van der Waals surface area (Å²) in [6.07, 6.45) is 4.78. The van der Waals surface area contributed by atoms with Crippen molar-refractivity contribution in [2.24, 2.45) is 7.05 Å². The highest BCUT2D eigenvalue weighted by atomic mass is 15.0. The highest BCUT2D eigenvalue weighted by molar-refractivity contribution is 5.33. The van der Waals surface area contributed by atoms with Gasteiger partial charge in [-0.3, -0.25) is 0 Å². The molecule has 1 heterocycles. The van der Waals surface area contributed by atoms with Crippen LogP contribution < -0.4 is 0 Å². The van der Waals surface area contributed by atoms with Gasteiger partial charge in [0, 0.05) is 31.8 Å². The van der Waals surface area contributed by atoms with Crippen LogP contribution in [0, 0.1) is 0 Å². The second-order valence-corrected chi connectivity index (χ2v) is 5.03. The number of rotatable bonds is 4. The Morgan fingerprint density at radius 2 is 1.45 bits per heavy atom. The molecule has 0 spiro atoms. The number of benzene rings is 2. The maximum absolute atomic E-state index is 4.47.